The first-order valence-electron chi connectivity index (χ1n) is 2.84. The molecular weight excluding hydrogens is 136 g/mol. The van der Waals surface area contributed by atoms with Crippen molar-refractivity contribution in [1.82, 2.24) is 0 Å². The summed E-state index contributed by atoms with van der Waals surface area (Å²) in [6.45, 7) is 1.52. The van der Waals surface area contributed by atoms with Gasteiger partial charge in [0.15, 0.2) is 5.12 Å². The van der Waals surface area contributed by atoms with Crippen molar-refractivity contribution in [2.75, 3.05) is 0 Å². The molecule has 52 valence electrons. The van der Waals surface area contributed by atoms with Crippen LogP contribution in [0.1, 0.15) is 26.2 Å². The van der Waals surface area contributed by atoms with E-state index in [2.05, 4.69) is 12.6 Å². The van der Waals surface area contributed by atoms with Gasteiger partial charge in [0.2, 0.25) is 0 Å². The van der Waals surface area contributed by atoms with Gasteiger partial charge in [-0.15, -0.1) is 12.6 Å². The maximum absolute atomic E-state index is 10.3. The normalized spacial score (nSPS) is 9.11. The van der Waals surface area contributed by atoms with Crippen LogP contribution in [0.15, 0.2) is 0 Å². The summed E-state index contributed by atoms with van der Waals surface area (Å²) in [5.41, 5.74) is 0. The summed E-state index contributed by atoms with van der Waals surface area (Å²) >= 11 is 3.55. The average Bonchev–Trinajstić information content (AvgIpc) is 1.63. The standard InChI is InChI=1S/C6H10O2S/c1-5(7)3-2-4-6(8)9/h2-4H2,1H3,(H,8,9). The van der Waals surface area contributed by atoms with Crippen molar-refractivity contribution in [3.05, 3.63) is 0 Å². The predicted octanol–water partition coefficient (Wildman–Crippen LogP) is 1.20. The third-order valence-electron chi connectivity index (χ3n) is 0.919. The lowest BCUT2D eigenvalue weighted by molar-refractivity contribution is -0.117. The van der Waals surface area contributed by atoms with Crippen molar-refractivity contribution in [1.29, 1.82) is 0 Å². The van der Waals surface area contributed by atoms with Gasteiger partial charge in [0.25, 0.3) is 0 Å². The van der Waals surface area contributed by atoms with E-state index in [-0.39, 0.29) is 10.9 Å². The number of rotatable bonds is 4. The zero-order valence-electron chi connectivity index (χ0n) is 5.39. The van der Waals surface area contributed by atoms with Crippen LogP contribution in [-0.2, 0) is 9.59 Å². The van der Waals surface area contributed by atoms with E-state index in [1.54, 1.807) is 0 Å². The van der Waals surface area contributed by atoms with E-state index in [4.69, 9.17) is 0 Å². The maximum Gasteiger partial charge on any atom is 0.185 e. The number of carbonyl (C=O) groups is 2. The van der Waals surface area contributed by atoms with Crippen LogP contribution in [0.3, 0.4) is 0 Å². The monoisotopic (exact) mass is 146 g/mol. The second-order valence-corrected chi connectivity index (χ2v) is 2.45. The zero-order valence-corrected chi connectivity index (χ0v) is 6.28. The van der Waals surface area contributed by atoms with Gasteiger partial charge in [0.05, 0.1) is 0 Å². The summed E-state index contributed by atoms with van der Waals surface area (Å²) in [5.74, 6) is 0.129. The highest BCUT2D eigenvalue weighted by Gasteiger charge is 1.96. The van der Waals surface area contributed by atoms with Crippen LogP contribution in [0.4, 0.5) is 0 Å². The highest BCUT2D eigenvalue weighted by molar-refractivity contribution is 7.96. The SMILES string of the molecule is CC(=O)CCCC(=O)S. The lowest BCUT2D eigenvalue weighted by Crippen LogP contribution is -1.92. The summed E-state index contributed by atoms with van der Waals surface area (Å²) in [7, 11) is 0. The fourth-order valence-electron chi connectivity index (χ4n) is 0.489. The molecule has 0 saturated carbocycles. The number of carbonyl (C=O) groups excluding carboxylic acids is 2. The molecule has 0 aromatic carbocycles. The molecule has 9 heavy (non-hydrogen) atoms. The number of Topliss-reactive ketones (excluding diaryl/α,β-unsaturated/α-hetero) is 1. The minimum atomic E-state index is -0.142. The van der Waals surface area contributed by atoms with Crippen LogP contribution in [0.5, 0.6) is 0 Å². The van der Waals surface area contributed by atoms with Gasteiger partial charge in [0.1, 0.15) is 5.78 Å². The van der Waals surface area contributed by atoms with Gasteiger partial charge in [-0.1, -0.05) is 0 Å². The molecule has 0 unspecified atom stereocenters. The number of hydrogen-bond donors (Lipinski definition) is 1. The molecule has 0 radical (unpaired) electrons. The molecule has 2 nitrogen and oxygen atoms in total. The first kappa shape index (κ1) is 8.69. The molecule has 0 rings (SSSR count). The zero-order chi connectivity index (χ0) is 7.28. The maximum atomic E-state index is 10.3. The van der Waals surface area contributed by atoms with Gasteiger partial charge < -0.3 is 4.79 Å². The predicted molar refractivity (Wildman–Crippen MR) is 38.5 cm³/mol. The fraction of sp³-hybridized carbons (Fsp3) is 0.667. The van der Waals surface area contributed by atoms with Crippen LogP contribution in [0, 0.1) is 0 Å². The number of thiol groups is 1. The molecule has 0 aromatic rings. The quantitative estimate of drug-likeness (QED) is 0.605. The molecular formula is C6H10O2S. The molecule has 0 N–H and O–H groups in total. The first-order valence-corrected chi connectivity index (χ1v) is 3.29. The van der Waals surface area contributed by atoms with Crippen molar-refractivity contribution in [3.63, 3.8) is 0 Å². The molecule has 0 heterocycles. The first-order chi connectivity index (χ1) is 4.13. The van der Waals surface area contributed by atoms with Crippen LogP contribution in [0.25, 0.3) is 0 Å². The van der Waals surface area contributed by atoms with E-state index < -0.39 is 0 Å². The highest BCUT2D eigenvalue weighted by atomic mass is 32.1. The van der Waals surface area contributed by atoms with Crippen LogP contribution in [0.2, 0.25) is 0 Å². The molecule has 0 bridgehead atoms. The Morgan fingerprint density at radius 2 is 1.89 bits per heavy atom. The number of hydrogen-bond acceptors (Lipinski definition) is 2. The molecule has 0 saturated heterocycles. The largest absolute Gasteiger partial charge is 0.300 e. The van der Waals surface area contributed by atoms with E-state index in [0.29, 0.717) is 19.3 Å². The molecule has 0 spiro atoms. The van der Waals surface area contributed by atoms with Crippen molar-refractivity contribution in [2.24, 2.45) is 0 Å². The summed E-state index contributed by atoms with van der Waals surface area (Å²) in [6, 6.07) is 0. The van der Waals surface area contributed by atoms with E-state index in [0.717, 1.165) is 0 Å². The minimum absolute atomic E-state index is 0.129. The van der Waals surface area contributed by atoms with Gasteiger partial charge in [-0.05, 0) is 13.3 Å². The minimum Gasteiger partial charge on any atom is -0.300 e. The van der Waals surface area contributed by atoms with E-state index in [1.165, 1.54) is 6.92 Å². The Morgan fingerprint density at radius 1 is 1.33 bits per heavy atom. The average molecular weight is 146 g/mol. The van der Waals surface area contributed by atoms with Crippen molar-refractivity contribution in [2.45, 2.75) is 26.2 Å². The third-order valence-corrected chi connectivity index (χ3v) is 1.14. The summed E-state index contributed by atoms with van der Waals surface area (Å²) in [5, 5.41) is -0.142. The smallest absolute Gasteiger partial charge is 0.185 e. The molecule has 0 amide bonds. The number of ketones is 1. The van der Waals surface area contributed by atoms with Gasteiger partial charge in [-0.25, -0.2) is 0 Å². The Kier molecular flexibility index (Phi) is 4.40. The molecule has 0 aromatic heterocycles. The summed E-state index contributed by atoms with van der Waals surface area (Å²) < 4.78 is 0. The Bertz CT molecular complexity index is 106. The molecule has 0 atom stereocenters. The van der Waals surface area contributed by atoms with Gasteiger partial charge in [-0.3, -0.25) is 4.79 Å². The van der Waals surface area contributed by atoms with Gasteiger partial charge >= 0.3 is 0 Å². The van der Waals surface area contributed by atoms with Crippen LogP contribution in [-0.4, -0.2) is 10.9 Å². The third kappa shape index (κ3) is 7.69. The molecule has 3 heteroatoms. The Morgan fingerprint density at radius 3 is 2.22 bits per heavy atom. The summed E-state index contributed by atoms with van der Waals surface area (Å²) in [4.78, 5) is 20.5. The second-order valence-electron chi connectivity index (χ2n) is 1.95. The van der Waals surface area contributed by atoms with E-state index >= 15 is 0 Å². The topological polar surface area (TPSA) is 34.1 Å². The van der Waals surface area contributed by atoms with Crippen molar-refractivity contribution >= 4 is 23.5 Å². The van der Waals surface area contributed by atoms with E-state index in [1.807, 2.05) is 0 Å². The second kappa shape index (κ2) is 4.56. The van der Waals surface area contributed by atoms with Crippen LogP contribution >= 0.6 is 12.6 Å². The fourth-order valence-corrected chi connectivity index (χ4v) is 0.647. The molecule has 0 fully saturated rings. The van der Waals surface area contributed by atoms with Gasteiger partial charge in [0, 0.05) is 12.8 Å². The summed E-state index contributed by atoms with van der Waals surface area (Å²) in [6.07, 6.45) is 1.53. The Labute approximate surface area is 60.0 Å². The molecule has 0 aliphatic rings. The highest BCUT2D eigenvalue weighted by Crippen LogP contribution is 1.98. The molecule has 0 aliphatic heterocycles. The lowest BCUT2D eigenvalue weighted by atomic mass is 10.2. The van der Waals surface area contributed by atoms with Crippen LogP contribution < -0.4 is 0 Å². The Balaban J connectivity index is 3.10. The van der Waals surface area contributed by atoms with Crippen molar-refractivity contribution in [3.8, 4) is 0 Å². The van der Waals surface area contributed by atoms with Crippen molar-refractivity contribution < 1.29 is 9.59 Å². The Hall–Kier alpha value is -0.310. The molecule has 0 aliphatic carbocycles. The lowest BCUT2D eigenvalue weighted by Gasteiger charge is -1.90. The van der Waals surface area contributed by atoms with E-state index in [9.17, 15) is 9.59 Å². The van der Waals surface area contributed by atoms with Gasteiger partial charge in [-0.2, -0.15) is 0 Å².